The van der Waals surface area contributed by atoms with E-state index in [2.05, 4.69) is 17.1 Å². The van der Waals surface area contributed by atoms with Crippen molar-refractivity contribution in [1.29, 1.82) is 0 Å². The van der Waals surface area contributed by atoms with Crippen molar-refractivity contribution in [2.45, 2.75) is 71.3 Å². The molecule has 1 aliphatic rings. The van der Waals surface area contributed by atoms with E-state index in [-0.39, 0.29) is 12.0 Å². The average molecular weight is 298 g/mol. The highest BCUT2D eigenvalue weighted by molar-refractivity contribution is 5.76. The van der Waals surface area contributed by atoms with Crippen LogP contribution < -0.4 is 5.32 Å². The standard InChI is InChI=1S/C17H34N2O2/c1-3-5-6-7-8-9-10-11-13-19-14-12-18-15-16(19)17(20)21-4-2/h16,18H,3-15H2,1-2H3. The summed E-state index contributed by atoms with van der Waals surface area (Å²) in [5.74, 6) is -0.0655. The minimum atomic E-state index is -0.0803. The molecule has 0 aromatic carbocycles. The van der Waals surface area contributed by atoms with Crippen LogP contribution in [-0.4, -0.2) is 49.7 Å². The molecule has 0 aromatic heterocycles. The fraction of sp³-hybridized carbons (Fsp3) is 0.941. The highest BCUT2D eigenvalue weighted by Crippen LogP contribution is 2.11. The summed E-state index contributed by atoms with van der Waals surface area (Å²) >= 11 is 0. The third-order valence-electron chi connectivity index (χ3n) is 4.21. The summed E-state index contributed by atoms with van der Waals surface area (Å²) < 4.78 is 5.17. The van der Waals surface area contributed by atoms with Crippen molar-refractivity contribution in [2.24, 2.45) is 0 Å². The number of rotatable bonds is 11. The maximum atomic E-state index is 11.9. The van der Waals surface area contributed by atoms with Gasteiger partial charge in [0.05, 0.1) is 6.61 Å². The van der Waals surface area contributed by atoms with Gasteiger partial charge in [0.15, 0.2) is 0 Å². The lowest BCUT2D eigenvalue weighted by atomic mass is 10.1. The molecule has 0 radical (unpaired) electrons. The average Bonchev–Trinajstić information content (AvgIpc) is 2.50. The van der Waals surface area contributed by atoms with Crippen LogP contribution in [0.25, 0.3) is 0 Å². The van der Waals surface area contributed by atoms with Crippen LogP contribution in [0, 0.1) is 0 Å². The number of ether oxygens (including phenoxy) is 1. The van der Waals surface area contributed by atoms with Gasteiger partial charge in [-0.2, -0.15) is 0 Å². The summed E-state index contributed by atoms with van der Waals surface area (Å²) in [4.78, 5) is 14.2. The molecule has 1 saturated heterocycles. The second-order valence-corrected chi connectivity index (χ2v) is 5.98. The zero-order chi connectivity index (χ0) is 15.3. The summed E-state index contributed by atoms with van der Waals surface area (Å²) in [6, 6.07) is -0.0803. The number of carbonyl (C=O) groups excluding carboxylic acids is 1. The Hall–Kier alpha value is -0.610. The van der Waals surface area contributed by atoms with Gasteiger partial charge in [-0.05, 0) is 19.9 Å². The number of piperazine rings is 1. The van der Waals surface area contributed by atoms with E-state index in [1.165, 1.54) is 51.4 Å². The molecule has 0 bridgehead atoms. The Balaban J connectivity index is 2.12. The molecule has 21 heavy (non-hydrogen) atoms. The van der Waals surface area contributed by atoms with Gasteiger partial charge in [-0.3, -0.25) is 9.69 Å². The molecule has 1 heterocycles. The molecular weight excluding hydrogens is 264 g/mol. The lowest BCUT2D eigenvalue weighted by Crippen LogP contribution is -2.55. The molecule has 0 saturated carbocycles. The summed E-state index contributed by atoms with van der Waals surface area (Å²) in [6.07, 6.45) is 10.6. The minimum Gasteiger partial charge on any atom is -0.465 e. The topological polar surface area (TPSA) is 41.6 Å². The van der Waals surface area contributed by atoms with Gasteiger partial charge in [-0.15, -0.1) is 0 Å². The molecule has 1 fully saturated rings. The molecular formula is C17H34N2O2. The fourth-order valence-corrected chi connectivity index (χ4v) is 2.93. The zero-order valence-electron chi connectivity index (χ0n) is 14.0. The van der Waals surface area contributed by atoms with E-state index in [1.807, 2.05) is 6.92 Å². The molecule has 4 heteroatoms. The van der Waals surface area contributed by atoms with Crippen molar-refractivity contribution in [3.05, 3.63) is 0 Å². The van der Waals surface area contributed by atoms with Crippen LogP contribution >= 0.6 is 0 Å². The highest BCUT2D eigenvalue weighted by atomic mass is 16.5. The fourth-order valence-electron chi connectivity index (χ4n) is 2.93. The van der Waals surface area contributed by atoms with E-state index in [1.54, 1.807) is 0 Å². The number of unbranched alkanes of at least 4 members (excludes halogenated alkanes) is 7. The second-order valence-electron chi connectivity index (χ2n) is 5.98. The number of carbonyl (C=O) groups is 1. The Morgan fingerprint density at radius 1 is 1.10 bits per heavy atom. The number of nitrogens with one attached hydrogen (secondary N) is 1. The van der Waals surface area contributed by atoms with Crippen LogP contribution in [0.15, 0.2) is 0 Å². The van der Waals surface area contributed by atoms with Gasteiger partial charge >= 0.3 is 5.97 Å². The molecule has 1 rings (SSSR count). The molecule has 0 amide bonds. The lowest BCUT2D eigenvalue weighted by Gasteiger charge is -2.34. The summed E-state index contributed by atoms with van der Waals surface area (Å²) in [7, 11) is 0. The van der Waals surface area contributed by atoms with Gasteiger partial charge in [0.25, 0.3) is 0 Å². The summed E-state index contributed by atoms with van der Waals surface area (Å²) in [6.45, 7) is 8.30. The third-order valence-corrected chi connectivity index (χ3v) is 4.21. The molecule has 0 spiro atoms. The Morgan fingerprint density at radius 3 is 2.43 bits per heavy atom. The van der Waals surface area contributed by atoms with Gasteiger partial charge < -0.3 is 10.1 Å². The maximum Gasteiger partial charge on any atom is 0.324 e. The first kappa shape index (κ1) is 18.4. The smallest absolute Gasteiger partial charge is 0.324 e. The molecule has 0 aromatic rings. The number of esters is 1. The van der Waals surface area contributed by atoms with Crippen LogP contribution in [0.4, 0.5) is 0 Å². The Kier molecular flexibility index (Phi) is 10.5. The molecule has 0 aliphatic carbocycles. The van der Waals surface area contributed by atoms with Gasteiger partial charge in [0, 0.05) is 19.6 Å². The first-order valence-electron chi connectivity index (χ1n) is 8.91. The van der Waals surface area contributed by atoms with Crippen LogP contribution in [0.3, 0.4) is 0 Å². The molecule has 124 valence electrons. The molecule has 1 N–H and O–H groups in total. The predicted octanol–water partition coefficient (Wildman–Crippen LogP) is 2.96. The van der Waals surface area contributed by atoms with Crippen molar-refractivity contribution in [1.82, 2.24) is 10.2 Å². The Morgan fingerprint density at radius 2 is 1.76 bits per heavy atom. The molecule has 1 atom stereocenters. The highest BCUT2D eigenvalue weighted by Gasteiger charge is 2.28. The molecule has 4 nitrogen and oxygen atoms in total. The minimum absolute atomic E-state index is 0.0655. The Labute approximate surface area is 130 Å². The largest absolute Gasteiger partial charge is 0.465 e. The zero-order valence-corrected chi connectivity index (χ0v) is 14.0. The quantitative estimate of drug-likeness (QED) is 0.470. The van der Waals surface area contributed by atoms with Crippen molar-refractivity contribution >= 4 is 5.97 Å². The van der Waals surface area contributed by atoms with Crippen molar-refractivity contribution < 1.29 is 9.53 Å². The normalized spacial score (nSPS) is 19.6. The van der Waals surface area contributed by atoms with E-state index in [4.69, 9.17) is 4.74 Å². The van der Waals surface area contributed by atoms with E-state index < -0.39 is 0 Å². The number of nitrogens with zero attached hydrogens (tertiary/aromatic N) is 1. The van der Waals surface area contributed by atoms with E-state index in [0.29, 0.717) is 6.61 Å². The van der Waals surface area contributed by atoms with Crippen LogP contribution in [0.2, 0.25) is 0 Å². The third kappa shape index (κ3) is 7.82. The van der Waals surface area contributed by atoms with Crippen LogP contribution in [0.5, 0.6) is 0 Å². The van der Waals surface area contributed by atoms with E-state index in [0.717, 1.165) is 26.2 Å². The van der Waals surface area contributed by atoms with Gasteiger partial charge in [0.2, 0.25) is 0 Å². The monoisotopic (exact) mass is 298 g/mol. The molecule has 1 aliphatic heterocycles. The van der Waals surface area contributed by atoms with Crippen molar-refractivity contribution in [3.8, 4) is 0 Å². The van der Waals surface area contributed by atoms with Crippen molar-refractivity contribution in [2.75, 3.05) is 32.8 Å². The van der Waals surface area contributed by atoms with Gasteiger partial charge in [-0.25, -0.2) is 0 Å². The number of hydrogen-bond acceptors (Lipinski definition) is 4. The Bertz CT molecular complexity index is 272. The van der Waals surface area contributed by atoms with Crippen molar-refractivity contribution in [3.63, 3.8) is 0 Å². The SMILES string of the molecule is CCCCCCCCCCN1CCNCC1C(=O)OCC. The van der Waals surface area contributed by atoms with Gasteiger partial charge in [0.1, 0.15) is 6.04 Å². The number of hydrogen-bond donors (Lipinski definition) is 1. The van der Waals surface area contributed by atoms with Gasteiger partial charge in [-0.1, -0.05) is 51.9 Å². The van der Waals surface area contributed by atoms with Crippen LogP contribution in [-0.2, 0) is 9.53 Å². The van der Waals surface area contributed by atoms with Crippen LogP contribution in [0.1, 0.15) is 65.2 Å². The molecule has 1 unspecified atom stereocenters. The summed E-state index contributed by atoms with van der Waals surface area (Å²) in [5, 5.41) is 3.29. The lowest BCUT2D eigenvalue weighted by molar-refractivity contribution is -0.150. The maximum absolute atomic E-state index is 11.9. The first-order chi connectivity index (χ1) is 10.3. The van der Waals surface area contributed by atoms with E-state index >= 15 is 0 Å². The summed E-state index contributed by atoms with van der Waals surface area (Å²) in [5.41, 5.74) is 0. The second kappa shape index (κ2) is 12.0. The van der Waals surface area contributed by atoms with E-state index in [9.17, 15) is 4.79 Å². The first-order valence-corrected chi connectivity index (χ1v) is 8.91. The predicted molar refractivity (Wildman–Crippen MR) is 87.5 cm³/mol.